The van der Waals surface area contributed by atoms with E-state index >= 15 is 0 Å². The first kappa shape index (κ1) is 31.2. The van der Waals surface area contributed by atoms with Crippen molar-refractivity contribution >= 4 is 34.9 Å². The Morgan fingerprint density at radius 2 is 1.61 bits per heavy atom. The molecule has 240 valence electrons. The summed E-state index contributed by atoms with van der Waals surface area (Å²) in [4.78, 5) is 30.2. The van der Waals surface area contributed by atoms with Crippen LogP contribution in [-0.2, 0) is 0 Å². The van der Waals surface area contributed by atoms with E-state index in [4.69, 9.17) is 24.2 Å². The van der Waals surface area contributed by atoms with Crippen molar-refractivity contribution < 1.29 is 19.0 Å². The molecule has 0 bridgehead atoms. The first-order valence-electron chi connectivity index (χ1n) is 15.7. The molecule has 1 atom stereocenters. The van der Waals surface area contributed by atoms with Crippen LogP contribution >= 0.6 is 0 Å². The number of urea groups is 1. The highest BCUT2D eigenvalue weighted by molar-refractivity contribution is 6.12. The van der Waals surface area contributed by atoms with E-state index < -0.39 is 0 Å². The number of hydrogen-bond donors (Lipinski definition) is 1. The minimum Gasteiger partial charge on any atom is -0.497 e. The molecule has 2 aliphatic heterocycles. The molecule has 3 aromatic carbocycles. The van der Waals surface area contributed by atoms with Crippen LogP contribution in [0.2, 0.25) is 0 Å². The van der Waals surface area contributed by atoms with Crippen LogP contribution in [0.1, 0.15) is 54.0 Å². The van der Waals surface area contributed by atoms with Crippen molar-refractivity contribution in [2.45, 2.75) is 45.6 Å². The van der Waals surface area contributed by atoms with Gasteiger partial charge in [-0.1, -0.05) is 24.3 Å². The van der Waals surface area contributed by atoms with Gasteiger partial charge in [0.15, 0.2) is 5.82 Å². The summed E-state index contributed by atoms with van der Waals surface area (Å²) in [6, 6.07) is 17.1. The highest BCUT2D eigenvalue weighted by Crippen LogP contribution is 2.46. The van der Waals surface area contributed by atoms with Crippen LogP contribution in [-0.4, -0.2) is 62.4 Å². The first-order chi connectivity index (χ1) is 22.2. The Morgan fingerprint density at radius 3 is 2.28 bits per heavy atom. The lowest BCUT2D eigenvalue weighted by Gasteiger charge is -2.41. The molecule has 0 saturated carbocycles. The van der Waals surface area contributed by atoms with E-state index in [1.54, 1.807) is 38.5 Å². The number of benzene rings is 3. The Bertz CT molecular complexity index is 1730. The number of aromatic nitrogens is 2. The fourth-order valence-electron chi connectivity index (χ4n) is 6.61. The number of anilines is 5. The zero-order chi connectivity index (χ0) is 32.5. The van der Waals surface area contributed by atoms with Crippen LogP contribution in [0.4, 0.5) is 33.6 Å². The van der Waals surface area contributed by atoms with Gasteiger partial charge in [-0.15, -0.1) is 0 Å². The van der Waals surface area contributed by atoms with Gasteiger partial charge in [-0.3, -0.25) is 4.90 Å². The number of piperidine rings is 1. The van der Waals surface area contributed by atoms with E-state index in [9.17, 15) is 4.79 Å². The van der Waals surface area contributed by atoms with Crippen molar-refractivity contribution in [1.29, 1.82) is 0 Å². The lowest BCUT2D eigenvalue weighted by molar-refractivity contribution is 0.250. The summed E-state index contributed by atoms with van der Waals surface area (Å²) >= 11 is 0. The molecule has 2 amide bonds. The van der Waals surface area contributed by atoms with Crippen LogP contribution in [0.25, 0.3) is 0 Å². The molecule has 1 fully saturated rings. The average molecular weight is 623 g/mol. The van der Waals surface area contributed by atoms with Crippen molar-refractivity contribution in [2.75, 3.05) is 56.6 Å². The van der Waals surface area contributed by atoms with Gasteiger partial charge in [-0.05, 0) is 101 Å². The van der Waals surface area contributed by atoms with Gasteiger partial charge in [0.25, 0.3) is 0 Å². The molecule has 0 radical (unpaired) electrons. The summed E-state index contributed by atoms with van der Waals surface area (Å²) in [5, 5.41) is 3.36. The van der Waals surface area contributed by atoms with E-state index in [-0.39, 0.29) is 12.1 Å². The number of aryl methyl sites for hydroxylation is 2. The maximum Gasteiger partial charge on any atom is 0.335 e. The third kappa shape index (κ3) is 5.69. The van der Waals surface area contributed by atoms with Gasteiger partial charge in [-0.2, -0.15) is 4.98 Å². The molecule has 6 rings (SSSR count). The monoisotopic (exact) mass is 622 g/mol. The van der Waals surface area contributed by atoms with Gasteiger partial charge in [0.1, 0.15) is 17.2 Å². The van der Waals surface area contributed by atoms with E-state index in [1.165, 1.54) is 5.56 Å². The zero-order valence-corrected chi connectivity index (χ0v) is 27.6. The van der Waals surface area contributed by atoms with Gasteiger partial charge in [0, 0.05) is 17.8 Å². The summed E-state index contributed by atoms with van der Waals surface area (Å²) in [5.41, 5.74) is 6.23. The van der Waals surface area contributed by atoms with Crippen molar-refractivity contribution in [2.24, 2.45) is 0 Å². The third-order valence-corrected chi connectivity index (χ3v) is 9.21. The lowest BCUT2D eigenvalue weighted by Crippen LogP contribution is -2.48. The van der Waals surface area contributed by atoms with Crippen LogP contribution < -0.4 is 29.3 Å². The van der Waals surface area contributed by atoms with Gasteiger partial charge >= 0.3 is 6.03 Å². The number of amides is 2. The number of carbonyl (C=O) groups is 1. The maximum atomic E-state index is 14.7. The van der Waals surface area contributed by atoms with Crippen LogP contribution in [0.15, 0.2) is 60.8 Å². The molecular formula is C36H42N6O4. The van der Waals surface area contributed by atoms with Crippen molar-refractivity contribution in [1.82, 2.24) is 14.9 Å². The van der Waals surface area contributed by atoms with Crippen molar-refractivity contribution in [3.63, 3.8) is 0 Å². The molecule has 1 saturated heterocycles. The largest absolute Gasteiger partial charge is 0.497 e. The topological polar surface area (TPSA) is 92.3 Å². The Balaban J connectivity index is 1.43. The number of methoxy groups -OCH3 is 3. The van der Waals surface area contributed by atoms with Gasteiger partial charge < -0.3 is 24.4 Å². The minimum atomic E-state index is -0.333. The average Bonchev–Trinajstić information content (AvgIpc) is 3.06. The molecule has 0 spiro atoms. The Hall–Kier alpha value is -4.83. The van der Waals surface area contributed by atoms with E-state index in [1.807, 2.05) is 62.1 Å². The van der Waals surface area contributed by atoms with Crippen LogP contribution in [0.5, 0.6) is 17.2 Å². The number of para-hydroxylation sites is 1. The fourth-order valence-corrected chi connectivity index (χ4v) is 6.61. The summed E-state index contributed by atoms with van der Waals surface area (Å²) < 4.78 is 17.0. The molecule has 2 aliphatic rings. The SMILES string of the molecule is COc1ccc(N2C(=O)N(c3c(C)cccc3C)C(C)c3cnc(Nc4ccc(C5CCN(C)CC5)cc4OC)nc32)c(OC)c1. The highest BCUT2D eigenvalue weighted by Gasteiger charge is 2.41. The maximum absolute atomic E-state index is 14.7. The predicted octanol–water partition coefficient (Wildman–Crippen LogP) is 7.51. The van der Waals surface area contributed by atoms with E-state index in [0.717, 1.165) is 59.7 Å². The number of nitrogens with one attached hydrogen (secondary N) is 1. The first-order valence-corrected chi connectivity index (χ1v) is 15.7. The standard InChI is InChI=1S/C36H42N6O4/c1-22-9-8-10-23(2)33(22)41-24(3)28-21-37-35(38-29-13-11-26(19-31(29)45-6)25-15-17-40(4)18-16-25)39-34(28)42(36(41)43)30-14-12-27(44-5)20-32(30)46-7/h8-14,19-21,24-25H,15-18H2,1-7H3,(H,37,38,39). The number of fused-ring (bicyclic) bond motifs is 1. The molecule has 46 heavy (non-hydrogen) atoms. The van der Waals surface area contributed by atoms with E-state index in [2.05, 4.69) is 29.4 Å². The number of likely N-dealkylation sites (tertiary alicyclic amines) is 1. The summed E-state index contributed by atoms with van der Waals surface area (Å²) in [5.74, 6) is 3.14. The van der Waals surface area contributed by atoms with Gasteiger partial charge in [0.05, 0.1) is 44.4 Å². The highest BCUT2D eigenvalue weighted by atomic mass is 16.5. The molecule has 1 N–H and O–H groups in total. The normalized spacial score (nSPS) is 17.1. The Labute approximate surface area is 270 Å². The molecule has 4 aromatic rings. The smallest absolute Gasteiger partial charge is 0.335 e. The number of hydrogen-bond acceptors (Lipinski definition) is 8. The third-order valence-electron chi connectivity index (χ3n) is 9.21. The van der Waals surface area contributed by atoms with Crippen molar-refractivity contribution in [3.8, 4) is 17.2 Å². The summed E-state index contributed by atoms with van der Waals surface area (Å²) in [7, 11) is 7.02. The summed E-state index contributed by atoms with van der Waals surface area (Å²) in [6.45, 7) is 8.22. The molecular weight excluding hydrogens is 580 g/mol. The zero-order valence-electron chi connectivity index (χ0n) is 27.6. The number of ether oxygens (including phenoxy) is 3. The Morgan fingerprint density at radius 1 is 0.891 bits per heavy atom. The number of rotatable bonds is 8. The van der Waals surface area contributed by atoms with Gasteiger partial charge in [0.2, 0.25) is 5.95 Å². The lowest BCUT2D eigenvalue weighted by atomic mass is 9.89. The van der Waals surface area contributed by atoms with Crippen molar-refractivity contribution in [3.05, 3.63) is 83.0 Å². The van der Waals surface area contributed by atoms with Crippen LogP contribution in [0.3, 0.4) is 0 Å². The molecule has 10 nitrogen and oxygen atoms in total. The number of carbonyl (C=O) groups excluding carboxylic acids is 1. The quantitative estimate of drug-likeness (QED) is 0.216. The fraction of sp³-hybridized carbons (Fsp3) is 0.361. The second kappa shape index (κ2) is 12.9. The Kier molecular flexibility index (Phi) is 8.73. The molecule has 3 heterocycles. The van der Waals surface area contributed by atoms with E-state index in [0.29, 0.717) is 34.9 Å². The molecule has 1 aromatic heterocycles. The molecule has 10 heteroatoms. The predicted molar refractivity (Wildman–Crippen MR) is 182 cm³/mol. The minimum absolute atomic E-state index is 0.245. The van der Waals surface area contributed by atoms with Crippen LogP contribution in [0, 0.1) is 13.8 Å². The van der Waals surface area contributed by atoms with Gasteiger partial charge in [-0.25, -0.2) is 14.7 Å². The molecule has 0 aliphatic carbocycles. The molecule has 1 unspecified atom stereocenters. The second-order valence-electron chi connectivity index (χ2n) is 12.1. The summed E-state index contributed by atoms with van der Waals surface area (Å²) in [6.07, 6.45) is 4.04. The second-order valence-corrected chi connectivity index (χ2v) is 12.1. The number of nitrogens with zero attached hydrogens (tertiary/aromatic N) is 5.